The lowest BCUT2D eigenvalue weighted by Crippen LogP contribution is -2.43. The van der Waals surface area contributed by atoms with Crippen LogP contribution in [0, 0.1) is 0 Å². The number of benzene rings is 1. The molecule has 1 aromatic carbocycles. The number of rotatable bonds is 5. The van der Waals surface area contributed by atoms with Gasteiger partial charge in [0.2, 0.25) is 10.0 Å². The summed E-state index contributed by atoms with van der Waals surface area (Å²) in [6, 6.07) is -0.0786. The molecule has 1 rings (SSSR count). The summed E-state index contributed by atoms with van der Waals surface area (Å²) < 4.78 is 63.1. The van der Waals surface area contributed by atoms with Crippen LogP contribution in [0.5, 0.6) is 0 Å². The van der Waals surface area contributed by atoms with E-state index >= 15 is 0 Å². The molecule has 11 heteroatoms. The van der Waals surface area contributed by atoms with Crippen molar-refractivity contribution < 1.29 is 36.6 Å². The van der Waals surface area contributed by atoms with Gasteiger partial charge in [-0.2, -0.15) is 17.9 Å². The van der Waals surface area contributed by atoms with Crippen LogP contribution in [0.25, 0.3) is 0 Å². The molecule has 0 bridgehead atoms. The molecule has 0 saturated carbocycles. The van der Waals surface area contributed by atoms with Crippen molar-refractivity contribution >= 4 is 27.6 Å². The minimum absolute atomic E-state index is 0.279. The summed E-state index contributed by atoms with van der Waals surface area (Å²) in [7, 11) is -4.57. The topological polar surface area (TPSA) is 104 Å². The lowest BCUT2D eigenvalue weighted by Gasteiger charge is -2.14. The van der Waals surface area contributed by atoms with Crippen LogP contribution in [0.4, 0.5) is 13.2 Å². The Morgan fingerprint density at radius 2 is 1.95 bits per heavy atom. The number of sulfonamides is 1. The average molecular weight is 348 g/mol. The van der Waals surface area contributed by atoms with Crippen LogP contribution in [0.2, 0.25) is 5.02 Å². The first-order valence-corrected chi connectivity index (χ1v) is 7.08. The molecule has 0 unspecified atom stereocenters. The average Bonchev–Trinajstić information content (AvgIpc) is 2.34. The lowest BCUT2D eigenvalue weighted by atomic mass is 10.2. The predicted molar refractivity (Wildman–Crippen MR) is 65.3 cm³/mol. The third-order valence-electron chi connectivity index (χ3n) is 2.33. The van der Waals surface area contributed by atoms with Crippen molar-refractivity contribution in [3.05, 3.63) is 28.8 Å². The van der Waals surface area contributed by atoms with Gasteiger partial charge in [0.15, 0.2) is 0 Å². The van der Waals surface area contributed by atoms with Crippen LogP contribution in [0.3, 0.4) is 0 Å². The minimum atomic E-state index is -4.87. The van der Waals surface area contributed by atoms with E-state index in [0.29, 0.717) is 0 Å². The standard InChI is InChI=1S/C10H9ClF3NO5S/c11-7-2-1-5(3-6(7)10(12,13)14)21(19,20)15-8(4-16)9(17)18/h1-3,8,15-16H,4H2,(H,17,18)/t8-/m1/s1. The van der Waals surface area contributed by atoms with Gasteiger partial charge < -0.3 is 10.2 Å². The number of alkyl halides is 3. The quantitative estimate of drug-likeness (QED) is 0.739. The Kier molecular flexibility index (Phi) is 5.20. The van der Waals surface area contributed by atoms with E-state index in [-0.39, 0.29) is 6.07 Å². The van der Waals surface area contributed by atoms with Gasteiger partial charge in [0, 0.05) is 0 Å². The highest BCUT2D eigenvalue weighted by molar-refractivity contribution is 7.89. The van der Waals surface area contributed by atoms with E-state index in [2.05, 4.69) is 0 Å². The monoisotopic (exact) mass is 347 g/mol. The fourth-order valence-corrected chi connectivity index (χ4v) is 2.74. The van der Waals surface area contributed by atoms with Gasteiger partial charge in [0.05, 0.1) is 22.1 Å². The number of hydrogen-bond acceptors (Lipinski definition) is 4. The number of aliphatic hydroxyl groups excluding tert-OH is 1. The zero-order valence-electron chi connectivity index (χ0n) is 10.1. The van der Waals surface area contributed by atoms with E-state index in [1.54, 1.807) is 4.72 Å². The minimum Gasteiger partial charge on any atom is -0.480 e. The molecule has 0 spiro atoms. The van der Waals surface area contributed by atoms with E-state index in [9.17, 15) is 26.4 Å². The highest BCUT2D eigenvalue weighted by atomic mass is 35.5. The molecule has 0 aliphatic rings. The molecule has 0 aromatic heterocycles. The summed E-state index contributed by atoms with van der Waals surface area (Å²) in [5.41, 5.74) is -1.37. The summed E-state index contributed by atoms with van der Waals surface area (Å²) >= 11 is 5.35. The molecular formula is C10H9ClF3NO5S. The SMILES string of the molecule is O=C(O)[C@@H](CO)NS(=O)(=O)c1ccc(Cl)c(C(F)(F)F)c1. The normalized spacial score (nSPS) is 14.0. The Morgan fingerprint density at radius 1 is 1.38 bits per heavy atom. The maximum absolute atomic E-state index is 12.6. The molecule has 0 amide bonds. The van der Waals surface area contributed by atoms with Gasteiger partial charge in [0.1, 0.15) is 6.04 Å². The first-order valence-electron chi connectivity index (χ1n) is 5.22. The number of nitrogens with one attached hydrogen (secondary N) is 1. The molecule has 6 nitrogen and oxygen atoms in total. The second-order valence-electron chi connectivity index (χ2n) is 3.83. The summed E-state index contributed by atoms with van der Waals surface area (Å²) in [5.74, 6) is -1.67. The third kappa shape index (κ3) is 4.30. The number of aliphatic hydroxyl groups is 1. The largest absolute Gasteiger partial charge is 0.480 e. The summed E-state index contributed by atoms with van der Waals surface area (Å²) in [4.78, 5) is 9.81. The Labute approximate surface area is 122 Å². The van der Waals surface area contributed by atoms with Crippen molar-refractivity contribution in [1.82, 2.24) is 4.72 Å². The maximum Gasteiger partial charge on any atom is 0.417 e. The number of hydrogen-bond donors (Lipinski definition) is 3. The van der Waals surface area contributed by atoms with Crippen molar-refractivity contribution in [2.45, 2.75) is 17.1 Å². The molecule has 0 aliphatic carbocycles. The molecule has 3 N–H and O–H groups in total. The van der Waals surface area contributed by atoms with Gasteiger partial charge in [-0.05, 0) is 18.2 Å². The van der Waals surface area contributed by atoms with Crippen LogP contribution in [-0.2, 0) is 21.0 Å². The van der Waals surface area contributed by atoms with Crippen molar-refractivity contribution in [2.24, 2.45) is 0 Å². The molecule has 0 heterocycles. The van der Waals surface area contributed by atoms with Crippen molar-refractivity contribution in [1.29, 1.82) is 0 Å². The highest BCUT2D eigenvalue weighted by Gasteiger charge is 2.35. The zero-order chi connectivity index (χ0) is 16.4. The number of halogens is 4. The van der Waals surface area contributed by atoms with Crippen LogP contribution >= 0.6 is 11.6 Å². The summed E-state index contributed by atoms with van der Waals surface area (Å²) in [6.07, 6.45) is -4.87. The Balaban J connectivity index is 3.24. The van der Waals surface area contributed by atoms with E-state index < -0.39 is 50.3 Å². The molecule has 118 valence electrons. The van der Waals surface area contributed by atoms with Crippen LogP contribution in [0.1, 0.15) is 5.56 Å². The Bertz CT molecular complexity index is 647. The van der Waals surface area contributed by atoms with Crippen LogP contribution in [-0.4, -0.2) is 37.2 Å². The molecule has 0 radical (unpaired) electrons. The second kappa shape index (κ2) is 6.18. The molecular weight excluding hydrogens is 339 g/mol. The van der Waals surface area contributed by atoms with E-state index in [1.807, 2.05) is 0 Å². The molecule has 21 heavy (non-hydrogen) atoms. The van der Waals surface area contributed by atoms with E-state index in [0.717, 1.165) is 12.1 Å². The van der Waals surface area contributed by atoms with Crippen LogP contribution < -0.4 is 4.72 Å². The molecule has 0 saturated heterocycles. The number of carboxylic acid groups (broad SMARTS) is 1. The molecule has 0 aliphatic heterocycles. The first kappa shape index (κ1) is 17.7. The highest BCUT2D eigenvalue weighted by Crippen LogP contribution is 2.35. The summed E-state index contributed by atoms with van der Waals surface area (Å²) in [6.45, 7) is -1.06. The predicted octanol–water partition coefficient (Wildman–Crippen LogP) is 1.08. The maximum atomic E-state index is 12.6. The Morgan fingerprint density at radius 3 is 2.38 bits per heavy atom. The second-order valence-corrected chi connectivity index (χ2v) is 5.96. The van der Waals surface area contributed by atoms with Gasteiger partial charge in [0.25, 0.3) is 0 Å². The molecule has 0 fully saturated rings. The zero-order valence-corrected chi connectivity index (χ0v) is 11.6. The van der Waals surface area contributed by atoms with Crippen molar-refractivity contribution in [3.8, 4) is 0 Å². The number of carboxylic acids is 1. The number of carbonyl (C=O) groups is 1. The summed E-state index contributed by atoms with van der Waals surface area (Å²) in [5, 5.41) is 16.7. The van der Waals surface area contributed by atoms with E-state index in [1.165, 1.54) is 0 Å². The van der Waals surface area contributed by atoms with Gasteiger partial charge in [-0.25, -0.2) is 8.42 Å². The van der Waals surface area contributed by atoms with Gasteiger partial charge in [-0.3, -0.25) is 4.79 Å². The van der Waals surface area contributed by atoms with Gasteiger partial charge in [-0.1, -0.05) is 11.6 Å². The first-order chi connectivity index (χ1) is 9.49. The Hall–Kier alpha value is -1.36. The molecule has 1 aromatic rings. The smallest absolute Gasteiger partial charge is 0.417 e. The fraction of sp³-hybridized carbons (Fsp3) is 0.300. The number of aliphatic carboxylic acids is 1. The lowest BCUT2D eigenvalue weighted by molar-refractivity contribution is -0.140. The molecule has 1 atom stereocenters. The van der Waals surface area contributed by atoms with Gasteiger partial charge >= 0.3 is 12.1 Å². The third-order valence-corrected chi connectivity index (χ3v) is 4.13. The van der Waals surface area contributed by atoms with E-state index in [4.69, 9.17) is 21.8 Å². The van der Waals surface area contributed by atoms with Crippen LogP contribution in [0.15, 0.2) is 23.1 Å². The van der Waals surface area contributed by atoms with Crippen molar-refractivity contribution in [3.63, 3.8) is 0 Å². The van der Waals surface area contributed by atoms with Crippen molar-refractivity contribution in [2.75, 3.05) is 6.61 Å². The van der Waals surface area contributed by atoms with Gasteiger partial charge in [-0.15, -0.1) is 0 Å². The fourth-order valence-electron chi connectivity index (χ4n) is 1.31.